The lowest BCUT2D eigenvalue weighted by Crippen LogP contribution is -2.55. The molecule has 2 aliphatic rings. The number of amidine groups is 1. The molecule has 1 aromatic heterocycles. The quantitative estimate of drug-likeness (QED) is 0.809. The van der Waals surface area contributed by atoms with Crippen LogP contribution in [0.2, 0.25) is 0 Å². The molecule has 24 heavy (non-hydrogen) atoms. The van der Waals surface area contributed by atoms with E-state index in [4.69, 9.17) is 4.99 Å². The molecule has 7 nitrogen and oxygen atoms in total. The van der Waals surface area contributed by atoms with E-state index in [2.05, 4.69) is 0 Å². The highest BCUT2D eigenvalue weighted by atomic mass is 16.3. The maximum absolute atomic E-state index is 12.9. The summed E-state index contributed by atoms with van der Waals surface area (Å²) in [7, 11) is 2.91. The summed E-state index contributed by atoms with van der Waals surface area (Å²) in [6.07, 6.45) is 2.68. The maximum Gasteiger partial charge on any atom is 0.333 e. The van der Waals surface area contributed by atoms with E-state index in [0.29, 0.717) is 6.54 Å². The van der Waals surface area contributed by atoms with Crippen LogP contribution >= 0.6 is 0 Å². The van der Waals surface area contributed by atoms with Crippen LogP contribution in [0.3, 0.4) is 0 Å². The van der Waals surface area contributed by atoms with Crippen molar-refractivity contribution in [3.8, 4) is 5.88 Å². The van der Waals surface area contributed by atoms with E-state index in [0.717, 1.165) is 45.6 Å². The fourth-order valence-electron chi connectivity index (χ4n) is 3.88. The fraction of sp³-hybridized carbons (Fsp3) is 0.353. The van der Waals surface area contributed by atoms with Gasteiger partial charge in [0.1, 0.15) is 5.69 Å². The van der Waals surface area contributed by atoms with Gasteiger partial charge in [0.25, 0.3) is 11.6 Å². The van der Waals surface area contributed by atoms with E-state index >= 15 is 0 Å². The van der Waals surface area contributed by atoms with Crippen molar-refractivity contribution in [2.45, 2.75) is 19.3 Å². The summed E-state index contributed by atoms with van der Waals surface area (Å²) < 4.78 is 2.30. The Morgan fingerprint density at radius 2 is 1.88 bits per heavy atom. The van der Waals surface area contributed by atoms with Crippen LogP contribution in [0.25, 0.3) is 0 Å². The summed E-state index contributed by atoms with van der Waals surface area (Å²) in [5.74, 6) is 0.572. The van der Waals surface area contributed by atoms with Crippen LogP contribution in [0.5, 0.6) is 5.88 Å². The van der Waals surface area contributed by atoms with Crippen molar-refractivity contribution in [2.24, 2.45) is 19.1 Å². The molecule has 1 unspecified atom stereocenters. The highest BCUT2D eigenvalue weighted by molar-refractivity contribution is 6.07. The number of quaternary nitrogens is 1. The molecule has 1 N–H and O–H groups in total. The number of hydrogen-bond acceptors (Lipinski definition) is 4. The third kappa shape index (κ3) is 1.67. The van der Waals surface area contributed by atoms with Crippen molar-refractivity contribution < 1.29 is 5.11 Å². The van der Waals surface area contributed by atoms with Gasteiger partial charge in [-0.3, -0.25) is 13.9 Å². The van der Waals surface area contributed by atoms with Gasteiger partial charge in [-0.1, -0.05) is 12.1 Å². The average Bonchev–Trinajstić information content (AvgIpc) is 2.93. The van der Waals surface area contributed by atoms with Crippen LogP contribution < -0.4 is 15.7 Å². The molecule has 0 aliphatic carbocycles. The van der Waals surface area contributed by atoms with Crippen molar-refractivity contribution in [3.63, 3.8) is 0 Å². The van der Waals surface area contributed by atoms with Crippen LogP contribution in [0.4, 0.5) is 17.1 Å². The minimum Gasteiger partial charge on any atom is -0.490 e. The number of aliphatic imine (C=N–C) groups is 1. The Kier molecular flexibility index (Phi) is 3.05. The Balaban J connectivity index is 2.14. The summed E-state index contributed by atoms with van der Waals surface area (Å²) in [5, 5.41) is 10.7. The van der Waals surface area contributed by atoms with E-state index in [1.807, 2.05) is 24.3 Å². The second kappa shape index (κ2) is 4.91. The first-order valence-corrected chi connectivity index (χ1v) is 8.04. The Bertz CT molecular complexity index is 1000. The molecule has 1 aromatic carbocycles. The van der Waals surface area contributed by atoms with Gasteiger partial charge >= 0.3 is 11.2 Å². The first kappa shape index (κ1) is 14.9. The molecule has 2 aliphatic heterocycles. The average molecular weight is 327 g/mol. The Labute approximate surface area is 138 Å². The number of benzene rings is 1. The monoisotopic (exact) mass is 327 g/mol. The topological polar surface area (TPSA) is 76.6 Å². The first-order chi connectivity index (χ1) is 11.5. The van der Waals surface area contributed by atoms with Crippen molar-refractivity contribution in [2.75, 3.05) is 6.54 Å². The van der Waals surface area contributed by atoms with Gasteiger partial charge in [-0.05, 0) is 18.9 Å². The van der Waals surface area contributed by atoms with Gasteiger partial charge in [0.2, 0.25) is 5.84 Å². The second-order valence-electron chi connectivity index (χ2n) is 6.39. The van der Waals surface area contributed by atoms with E-state index in [-0.39, 0.29) is 16.1 Å². The number of para-hydroxylation sites is 2. The highest BCUT2D eigenvalue weighted by Gasteiger charge is 2.51. The van der Waals surface area contributed by atoms with E-state index in [1.165, 1.54) is 14.1 Å². The summed E-state index contributed by atoms with van der Waals surface area (Å²) in [5.41, 5.74) is 0.912. The third-order valence-corrected chi connectivity index (χ3v) is 5.12. The van der Waals surface area contributed by atoms with E-state index in [9.17, 15) is 14.7 Å². The van der Waals surface area contributed by atoms with Crippen molar-refractivity contribution >= 4 is 22.9 Å². The molecule has 0 radical (unpaired) electrons. The van der Waals surface area contributed by atoms with Crippen molar-refractivity contribution in [1.82, 2.24) is 13.6 Å². The molecule has 0 spiro atoms. The first-order valence-electron chi connectivity index (χ1n) is 8.04. The lowest BCUT2D eigenvalue weighted by atomic mass is 10.0. The zero-order chi connectivity index (χ0) is 17.1. The molecule has 1 saturated heterocycles. The molecule has 0 saturated carbocycles. The van der Waals surface area contributed by atoms with Gasteiger partial charge in [0.05, 0.1) is 6.54 Å². The molecular weight excluding hydrogens is 308 g/mol. The standard InChI is InChI=1S/C17H18N4O3/c1-19-15(22)14(16(23)20(2)17(19)24)21-10-6-5-9-13(21)18-11-7-3-4-8-12(11)21/h3-4,7-8H,5-6,9-10H2,1-2H3/p+1. The van der Waals surface area contributed by atoms with Crippen LogP contribution in [0, 0.1) is 0 Å². The maximum atomic E-state index is 12.9. The van der Waals surface area contributed by atoms with Crippen LogP contribution in [0.1, 0.15) is 19.3 Å². The van der Waals surface area contributed by atoms with Gasteiger partial charge in [0, 0.05) is 26.6 Å². The molecule has 4 rings (SSSR count). The van der Waals surface area contributed by atoms with Gasteiger partial charge in [-0.15, -0.1) is 0 Å². The lowest BCUT2D eigenvalue weighted by Gasteiger charge is -2.37. The number of nitrogens with zero attached hydrogens (tertiary/aromatic N) is 4. The predicted molar refractivity (Wildman–Crippen MR) is 92.3 cm³/mol. The number of rotatable bonds is 1. The summed E-state index contributed by atoms with van der Waals surface area (Å²) in [6.45, 7) is 0.650. The van der Waals surface area contributed by atoms with Crippen LogP contribution in [0.15, 0.2) is 38.8 Å². The van der Waals surface area contributed by atoms with Crippen LogP contribution in [-0.2, 0) is 14.1 Å². The van der Waals surface area contributed by atoms with Gasteiger partial charge in [-0.25, -0.2) is 9.28 Å². The number of fused-ring (bicyclic) bond motifs is 3. The third-order valence-electron chi connectivity index (χ3n) is 5.12. The molecule has 3 heterocycles. The minimum absolute atomic E-state index is 0.128. The highest BCUT2D eigenvalue weighted by Crippen LogP contribution is 2.50. The van der Waals surface area contributed by atoms with Crippen molar-refractivity contribution in [3.05, 3.63) is 45.1 Å². The molecule has 0 bridgehead atoms. The summed E-state index contributed by atoms with van der Waals surface area (Å²) >= 11 is 0. The summed E-state index contributed by atoms with van der Waals surface area (Å²) in [6, 6.07) is 7.69. The number of aromatic nitrogens is 2. The van der Waals surface area contributed by atoms with E-state index < -0.39 is 11.2 Å². The minimum atomic E-state index is -0.539. The van der Waals surface area contributed by atoms with E-state index in [1.54, 1.807) is 0 Å². The molecule has 7 heteroatoms. The SMILES string of the molecule is Cn1c(O)c([N+]23CCCCC2=Nc2ccccc23)c(=O)n(C)c1=O. The molecule has 1 atom stereocenters. The lowest BCUT2D eigenvalue weighted by molar-refractivity contribution is 0.383. The smallest absolute Gasteiger partial charge is 0.333 e. The molecular formula is C17H19N4O3+. The van der Waals surface area contributed by atoms with Crippen LogP contribution in [-0.4, -0.2) is 26.6 Å². The molecule has 0 amide bonds. The van der Waals surface area contributed by atoms with Gasteiger partial charge in [0.15, 0.2) is 5.69 Å². The number of piperidine rings is 1. The number of hydrogen-bond donors (Lipinski definition) is 1. The Hall–Kier alpha value is -2.67. The zero-order valence-corrected chi connectivity index (χ0v) is 13.7. The Morgan fingerprint density at radius 1 is 1.12 bits per heavy atom. The molecule has 2 aromatic rings. The fourth-order valence-corrected chi connectivity index (χ4v) is 3.88. The predicted octanol–water partition coefficient (Wildman–Crippen LogP) is 1.66. The molecule has 1 fully saturated rings. The molecule has 124 valence electrons. The largest absolute Gasteiger partial charge is 0.490 e. The summed E-state index contributed by atoms with van der Waals surface area (Å²) in [4.78, 5) is 29.8. The normalized spacial score (nSPS) is 22.0. The van der Waals surface area contributed by atoms with Gasteiger partial charge < -0.3 is 5.11 Å². The van der Waals surface area contributed by atoms with Gasteiger partial charge in [-0.2, -0.15) is 4.99 Å². The zero-order valence-electron chi connectivity index (χ0n) is 13.7. The van der Waals surface area contributed by atoms with Crippen molar-refractivity contribution in [1.29, 1.82) is 0 Å². The second-order valence-corrected chi connectivity index (χ2v) is 6.39. The Morgan fingerprint density at radius 3 is 2.67 bits per heavy atom. The number of aromatic hydroxyl groups is 1.